The fourth-order valence-electron chi connectivity index (χ4n) is 1.10. The van der Waals surface area contributed by atoms with Gasteiger partial charge in [0, 0.05) is 5.54 Å². The summed E-state index contributed by atoms with van der Waals surface area (Å²) in [5.74, 6) is 0. The van der Waals surface area contributed by atoms with Crippen LogP contribution in [0, 0.1) is 0 Å². The van der Waals surface area contributed by atoms with Gasteiger partial charge in [-0.25, -0.2) is 0 Å². The summed E-state index contributed by atoms with van der Waals surface area (Å²) in [6.45, 7) is 6.68. The van der Waals surface area contributed by atoms with Crippen LogP contribution in [-0.2, 0) is 9.53 Å². The second kappa shape index (κ2) is 6.82. The van der Waals surface area contributed by atoms with Crippen molar-refractivity contribution in [2.24, 2.45) is 5.73 Å². The average molecular weight is 201 g/mol. The molecule has 3 heteroatoms. The van der Waals surface area contributed by atoms with Gasteiger partial charge in [-0.2, -0.15) is 0 Å². The van der Waals surface area contributed by atoms with E-state index in [0.717, 1.165) is 19.3 Å². The molecular formula is C11H23NO2. The second-order valence-electron chi connectivity index (χ2n) is 4.48. The molecule has 0 atom stereocenters. The molecule has 0 bridgehead atoms. The molecule has 14 heavy (non-hydrogen) atoms. The molecule has 1 rings (SSSR count). The summed E-state index contributed by atoms with van der Waals surface area (Å²) in [7, 11) is 0. The predicted molar refractivity (Wildman–Crippen MR) is 58.0 cm³/mol. The van der Waals surface area contributed by atoms with E-state index in [9.17, 15) is 4.79 Å². The Morgan fingerprint density at radius 2 is 1.86 bits per heavy atom. The molecule has 1 saturated carbocycles. The number of rotatable bonds is 3. The summed E-state index contributed by atoms with van der Waals surface area (Å²) in [6, 6.07) is 0. The molecule has 0 heterocycles. The predicted octanol–water partition coefficient (Wildman–Crippen LogP) is 2.24. The van der Waals surface area contributed by atoms with Gasteiger partial charge in [0.1, 0.15) is 6.10 Å². The first kappa shape index (κ1) is 13.4. The van der Waals surface area contributed by atoms with Crippen molar-refractivity contribution in [2.75, 3.05) is 0 Å². The first-order valence-electron chi connectivity index (χ1n) is 5.37. The third kappa shape index (κ3) is 8.05. The van der Waals surface area contributed by atoms with Crippen molar-refractivity contribution >= 4 is 6.47 Å². The van der Waals surface area contributed by atoms with Gasteiger partial charge in [0.05, 0.1) is 0 Å². The van der Waals surface area contributed by atoms with Crippen molar-refractivity contribution in [3.8, 4) is 0 Å². The summed E-state index contributed by atoms with van der Waals surface area (Å²) in [5.41, 5.74) is 5.58. The molecule has 2 N–H and O–H groups in total. The lowest BCUT2D eigenvalue weighted by Crippen LogP contribution is -2.30. The van der Waals surface area contributed by atoms with E-state index in [-0.39, 0.29) is 11.6 Å². The van der Waals surface area contributed by atoms with Crippen molar-refractivity contribution in [3.63, 3.8) is 0 Å². The highest BCUT2D eigenvalue weighted by Gasteiger charge is 2.14. The Morgan fingerprint density at radius 1 is 1.43 bits per heavy atom. The zero-order chi connectivity index (χ0) is 11.0. The van der Waals surface area contributed by atoms with Crippen LogP contribution >= 0.6 is 0 Å². The minimum Gasteiger partial charge on any atom is -0.465 e. The van der Waals surface area contributed by atoms with E-state index in [2.05, 4.69) is 6.92 Å². The van der Waals surface area contributed by atoms with Crippen LogP contribution in [-0.4, -0.2) is 18.1 Å². The lowest BCUT2D eigenvalue weighted by molar-refractivity contribution is -0.133. The van der Waals surface area contributed by atoms with Crippen LogP contribution in [0.1, 0.15) is 52.9 Å². The van der Waals surface area contributed by atoms with Gasteiger partial charge in [0.2, 0.25) is 0 Å². The Morgan fingerprint density at radius 3 is 2.14 bits per heavy atom. The Bertz CT molecular complexity index is 146. The number of nitrogens with two attached hydrogens (primary N) is 1. The van der Waals surface area contributed by atoms with Gasteiger partial charge in [-0.1, -0.05) is 6.92 Å². The molecule has 0 aromatic rings. The van der Waals surface area contributed by atoms with Crippen LogP contribution in [0.25, 0.3) is 0 Å². The number of carbonyl (C=O) groups is 1. The van der Waals surface area contributed by atoms with E-state index in [0.29, 0.717) is 6.47 Å². The van der Waals surface area contributed by atoms with E-state index in [4.69, 9.17) is 10.5 Å². The quantitative estimate of drug-likeness (QED) is 0.712. The maximum absolute atomic E-state index is 9.74. The van der Waals surface area contributed by atoms with E-state index < -0.39 is 0 Å². The Hall–Kier alpha value is -0.570. The maximum atomic E-state index is 9.74. The molecule has 0 unspecified atom stereocenters. The highest BCUT2D eigenvalue weighted by Crippen LogP contribution is 2.19. The van der Waals surface area contributed by atoms with Gasteiger partial charge in [-0.05, 0) is 46.0 Å². The van der Waals surface area contributed by atoms with Gasteiger partial charge in [0.15, 0.2) is 0 Å². The van der Waals surface area contributed by atoms with Crippen LogP contribution in [0.4, 0.5) is 0 Å². The minimum absolute atomic E-state index is 0.0417. The minimum atomic E-state index is 0.0417. The van der Waals surface area contributed by atoms with Crippen LogP contribution in [0.3, 0.4) is 0 Å². The van der Waals surface area contributed by atoms with Gasteiger partial charge in [0.25, 0.3) is 6.47 Å². The van der Waals surface area contributed by atoms with E-state index in [1.54, 1.807) is 0 Å². The third-order valence-corrected chi connectivity index (χ3v) is 2.46. The first-order chi connectivity index (χ1) is 6.49. The summed E-state index contributed by atoms with van der Waals surface area (Å²) in [4.78, 5) is 9.74. The summed E-state index contributed by atoms with van der Waals surface area (Å²) in [6.07, 6.45) is 5.87. The van der Waals surface area contributed by atoms with Crippen molar-refractivity contribution in [1.82, 2.24) is 0 Å². The van der Waals surface area contributed by atoms with Crippen LogP contribution < -0.4 is 5.73 Å². The fraction of sp³-hybridized carbons (Fsp3) is 0.909. The fourth-order valence-corrected chi connectivity index (χ4v) is 1.10. The molecule has 0 aliphatic heterocycles. The Kier molecular flexibility index (Phi) is 6.54. The zero-order valence-electron chi connectivity index (χ0n) is 9.58. The smallest absolute Gasteiger partial charge is 0.293 e. The molecule has 0 aromatic carbocycles. The molecule has 0 saturated heterocycles. The second-order valence-corrected chi connectivity index (χ2v) is 4.48. The van der Waals surface area contributed by atoms with Crippen molar-refractivity contribution in [1.29, 1.82) is 0 Å². The SMILES string of the molecule is CCC(C)(C)N.O=COC1CCCC1. The van der Waals surface area contributed by atoms with Crippen LogP contribution in [0.5, 0.6) is 0 Å². The molecule has 1 fully saturated rings. The van der Waals surface area contributed by atoms with Gasteiger partial charge >= 0.3 is 0 Å². The Balaban J connectivity index is 0.000000255. The zero-order valence-corrected chi connectivity index (χ0v) is 9.58. The lowest BCUT2D eigenvalue weighted by Gasteiger charge is -2.13. The van der Waals surface area contributed by atoms with E-state index >= 15 is 0 Å². The first-order valence-corrected chi connectivity index (χ1v) is 5.37. The molecule has 84 valence electrons. The molecule has 0 radical (unpaired) electrons. The highest BCUT2D eigenvalue weighted by molar-refractivity contribution is 5.37. The number of ether oxygens (including phenoxy) is 1. The van der Waals surface area contributed by atoms with Gasteiger partial charge in [-0.15, -0.1) is 0 Å². The Labute approximate surface area is 87.0 Å². The van der Waals surface area contributed by atoms with Crippen molar-refractivity contribution < 1.29 is 9.53 Å². The van der Waals surface area contributed by atoms with Crippen LogP contribution in [0.2, 0.25) is 0 Å². The maximum Gasteiger partial charge on any atom is 0.293 e. The van der Waals surface area contributed by atoms with Gasteiger partial charge < -0.3 is 10.5 Å². The monoisotopic (exact) mass is 201 g/mol. The molecular weight excluding hydrogens is 178 g/mol. The normalized spacial score (nSPS) is 17.1. The standard InChI is InChI=1S/C6H10O2.C5H13N/c7-5-8-6-3-1-2-4-6;1-4-5(2,3)6/h5-6H,1-4H2;4,6H2,1-3H3. The summed E-state index contributed by atoms with van der Waals surface area (Å²) >= 11 is 0. The highest BCUT2D eigenvalue weighted by atomic mass is 16.5. The number of hydrogen-bond donors (Lipinski definition) is 1. The number of hydrogen-bond acceptors (Lipinski definition) is 3. The molecule has 1 aliphatic rings. The average Bonchev–Trinajstić information content (AvgIpc) is 2.58. The topological polar surface area (TPSA) is 52.3 Å². The number of carbonyl (C=O) groups excluding carboxylic acids is 1. The van der Waals surface area contributed by atoms with Crippen LogP contribution in [0.15, 0.2) is 0 Å². The largest absolute Gasteiger partial charge is 0.465 e. The lowest BCUT2D eigenvalue weighted by atomic mass is 10.1. The van der Waals surface area contributed by atoms with Crippen molar-refractivity contribution in [2.45, 2.75) is 64.5 Å². The summed E-state index contributed by atoms with van der Waals surface area (Å²) < 4.78 is 4.72. The van der Waals surface area contributed by atoms with Crippen molar-refractivity contribution in [3.05, 3.63) is 0 Å². The molecule has 0 aromatic heterocycles. The molecule has 0 amide bonds. The summed E-state index contributed by atoms with van der Waals surface area (Å²) in [5, 5.41) is 0. The molecule has 1 aliphatic carbocycles. The molecule has 3 nitrogen and oxygen atoms in total. The third-order valence-electron chi connectivity index (χ3n) is 2.46. The molecule has 0 spiro atoms. The van der Waals surface area contributed by atoms with E-state index in [1.165, 1.54) is 12.8 Å². The van der Waals surface area contributed by atoms with E-state index in [1.807, 2.05) is 13.8 Å². The van der Waals surface area contributed by atoms with Gasteiger partial charge in [-0.3, -0.25) is 4.79 Å².